The topological polar surface area (TPSA) is 37.4 Å². The minimum absolute atomic E-state index is 0.0248. The molecule has 3 rings (SSSR count). The molecule has 1 aliphatic carbocycles. The van der Waals surface area contributed by atoms with Crippen LogP contribution in [0.25, 0.3) is 0 Å². The maximum absolute atomic E-state index is 12.4. The number of ketones is 1. The highest BCUT2D eigenvalue weighted by molar-refractivity contribution is 6.04. The van der Waals surface area contributed by atoms with Crippen LogP contribution >= 0.6 is 0 Å². The molecule has 0 unspecified atom stereocenters. The van der Waals surface area contributed by atoms with Gasteiger partial charge in [-0.2, -0.15) is 0 Å². The van der Waals surface area contributed by atoms with Gasteiger partial charge in [-0.3, -0.25) is 9.59 Å². The SMILES string of the molecule is CCN1C(=O)c2ccccc2C12C=CC(=O)C=C2. The zero-order valence-electron chi connectivity index (χ0n) is 10.1. The molecule has 90 valence electrons. The molecular formula is C15H13NO2. The van der Waals surface area contributed by atoms with Gasteiger partial charge in [0.1, 0.15) is 5.54 Å². The van der Waals surface area contributed by atoms with Crippen molar-refractivity contribution in [3.63, 3.8) is 0 Å². The third-order valence-electron chi connectivity index (χ3n) is 3.60. The molecule has 0 saturated heterocycles. The first-order valence-electron chi connectivity index (χ1n) is 6.03. The smallest absolute Gasteiger partial charge is 0.255 e. The number of carbonyl (C=O) groups excluding carboxylic acids is 2. The molecule has 3 heteroatoms. The molecule has 0 bridgehead atoms. The lowest BCUT2D eigenvalue weighted by Gasteiger charge is -2.34. The van der Waals surface area contributed by atoms with E-state index in [0.717, 1.165) is 11.1 Å². The van der Waals surface area contributed by atoms with Crippen molar-refractivity contribution < 1.29 is 9.59 Å². The van der Waals surface area contributed by atoms with Crippen LogP contribution in [-0.2, 0) is 10.3 Å². The van der Waals surface area contributed by atoms with Crippen molar-refractivity contribution in [1.82, 2.24) is 4.90 Å². The summed E-state index contributed by atoms with van der Waals surface area (Å²) in [5, 5.41) is 0. The summed E-state index contributed by atoms with van der Waals surface area (Å²) in [6, 6.07) is 7.58. The minimum atomic E-state index is -0.573. The fraction of sp³-hybridized carbons (Fsp3) is 0.200. The Kier molecular flexibility index (Phi) is 2.23. The molecule has 0 N–H and O–H groups in total. The van der Waals surface area contributed by atoms with Crippen LogP contribution in [0.5, 0.6) is 0 Å². The van der Waals surface area contributed by atoms with Gasteiger partial charge < -0.3 is 4.90 Å². The van der Waals surface area contributed by atoms with Gasteiger partial charge in [0.15, 0.2) is 5.78 Å². The number of amides is 1. The van der Waals surface area contributed by atoms with Crippen molar-refractivity contribution in [2.45, 2.75) is 12.5 Å². The van der Waals surface area contributed by atoms with Crippen molar-refractivity contribution in [1.29, 1.82) is 0 Å². The standard InChI is InChI=1S/C15H13NO2/c1-2-16-14(18)12-5-3-4-6-13(12)15(16)9-7-11(17)8-10-15/h3-10H,2H2,1H3. The monoisotopic (exact) mass is 239 g/mol. The summed E-state index contributed by atoms with van der Waals surface area (Å²) in [5.41, 5.74) is 1.11. The van der Waals surface area contributed by atoms with E-state index < -0.39 is 5.54 Å². The van der Waals surface area contributed by atoms with Crippen molar-refractivity contribution in [2.75, 3.05) is 6.54 Å². The largest absolute Gasteiger partial charge is 0.322 e. The highest BCUT2D eigenvalue weighted by Crippen LogP contribution is 2.42. The van der Waals surface area contributed by atoms with Crippen LogP contribution in [-0.4, -0.2) is 23.1 Å². The summed E-state index contributed by atoms with van der Waals surface area (Å²) in [7, 11) is 0. The third-order valence-corrected chi connectivity index (χ3v) is 3.60. The van der Waals surface area contributed by atoms with E-state index in [9.17, 15) is 9.59 Å². The highest BCUT2D eigenvalue weighted by atomic mass is 16.2. The molecule has 1 heterocycles. The Morgan fingerprint density at radius 3 is 2.44 bits per heavy atom. The Morgan fingerprint density at radius 1 is 1.11 bits per heavy atom. The van der Waals surface area contributed by atoms with Gasteiger partial charge in [0.25, 0.3) is 5.91 Å². The average Bonchev–Trinajstić information content (AvgIpc) is 2.64. The lowest BCUT2D eigenvalue weighted by Crippen LogP contribution is -2.41. The van der Waals surface area contributed by atoms with Gasteiger partial charge in [-0.05, 0) is 42.9 Å². The molecule has 1 aromatic rings. The summed E-state index contributed by atoms with van der Waals surface area (Å²) in [6.45, 7) is 2.56. The van der Waals surface area contributed by atoms with Crippen molar-refractivity contribution >= 4 is 11.7 Å². The van der Waals surface area contributed by atoms with E-state index in [-0.39, 0.29) is 11.7 Å². The molecule has 0 fully saturated rings. The number of hydrogen-bond donors (Lipinski definition) is 0. The maximum Gasteiger partial charge on any atom is 0.255 e. The number of carbonyl (C=O) groups is 2. The van der Waals surface area contributed by atoms with Crippen molar-refractivity contribution in [3.8, 4) is 0 Å². The molecule has 0 atom stereocenters. The molecule has 2 aliphatic rings. The second kappa shape index (κ2) is 3.67. The van der Waals surface area contributed by atoms with Gasteiger partial charge in [-0.15, -0.1) is 0 Å². The molecule has 1 amide bonds. The molecule has 1 aliphatic heterocycles. The Morgan fingerprint density at radius 2 is 1.78 bits per heavy atom. The zero-order chi connectivity index (χ0) is 12.8. The average molecular weight is 239 g/mol. The first kappa shape index (κ1) is 11.0. The van der Waals surface area contributed by atoms with E-state index >= 15 is 0 Å². The Labute approximate surface area is 105 Å². The van der Waals surface area contributed by atoms with E-state index in [1.165, 1.54) is 12.2 Å². The maximum atomic E-state index is 12.4. The summed E-state index contributed by atoms with van der Waals surface area (Å²) >= 11 is 0. The fourth-order valence-electron chi connectivity index (χ4n) is 2.77. The quantitative estimate of drug-likeness (QED) is 0.752. The first-order valence-corrected chi connectivity index (χ1v) is 6.03. The normalized spacial score (nSPS) is 19.7. The molecule has 1 spiro atoms. The van der Waals surface area contributed by atoms with Crippen LogP contribution in [0.15, 0.2) is 48.6 Å². The van der Waals surface area contributed by atoms with Gasteiger partial charge in [0, 0.05) is 12.1 Å². The highest BCUT2D eigenvalue weighted by Gasteiger charge is 2.46. The van der Waals surface area contributed by atoms with E-state index in [0.29, 0.717) is 6.54 Å². The summed E-state index contributed by atoms with van der Waals surface area (Å²) in [4.78, 5) is 25.5. The first-order chi connectivity index (χ1) is 8.69. The van der Waals surface area contributed by atoms with Gasteiger partial charge >= 0.3 is 0 Å². The van der Waals surface area contributed by atoms with Crippen LogP contribution in [0.4, 0.5) is 0 Å². The molecule has 0 saturated carbocycles. The number of nitrogens with zero attached hydrogens (tertiary/aromatic N) is 1. The molecule has 1 aromatic carbocycles. The van der Waals surface area contributed by atoms with Crippen LogP contribution in [0, 0.1) is 0 Å². The number of benzene rings is 1. The van der Waals surface area contributed by atoms with Gasteiger partial charge in [0.2, 0.25) is 0 Å². The van der Waals surface area contributed by atoms with E-state index in [1.54, 1.807) is 4.90 Å². The molecule has 3 nitrogen and oxygen atoms in total. The number of fused-ring (bicyclic) bond motifs is 2. The van der Waals surface area contributed by atoms with Crippen LogP contribution < -0.4 is 0 Å². The van der Waals surface area contributed by atoms with Gasteiger partial charge in [-0.25, -0.2) is 0 Å². The predicted molar refractivity (Wildman–Crippen MR) is 68.1 cm³/mol. The molecular weight excluding hydrogens is 226 g/mol. The van der Waals surface area contributed by atoms with E-state index in [4.69, 9.17) is 0 Å². The van der Waals surface area contributed by atoms with Gasteiger partial charge in [-0.1, -0.05) is 18.2 Å². The minimum Gasteiger partial charge on any atom is -0.322 e. The van der Waals surface area contributed by atoms with Crippen molar-refractivity contribution in [3.05, 3.63) is 59.7 Å². The number of allylic oxidation sites excluding steroid dienone is 2. The Balaban J connectivity index is 2.25. The van der Waals surface area contributed by atoms with E-state index in [2.05, 4.69) is 0 Å². The summed E-state index contributed by atoms with van der Waals surface area (Å²) in [5.74, 6) is -0.00902. The second-order valence-corrected chi connectivity index (χ2v) is 4.49. The summed E-state index contributed by atoms with van der Waals surface area (Å²) < 4.78 is 0. The zero-order valence-corrected chi connectivity index (χ0v) is 10.1. The molecule has 0 radical (unpaired) electrons. The number of hydrogen-bond acceptors (Lipinski definition) is 2. The van der Waals surface area contributed by atoms with Gasteiger partial charge in [0.05, 0.1) is 0 Å². The Bertz CT molecular complexity index is 582. The second-order valence-electron chi connectivity index (χ2n) is 4.49. The van der Waals surface area contributed by atoms with Crippen molar-refractivity contribution in [2.24, 2.45) is 0 Å². The van der Waals surface area contributed by atoms with Crippen LogP contribution in [0.3, 0.4) is 0 Å². The fourth-order valence-corrected chi connectivity index (χ4v) is 2.77. The lowest BCUT2D eigenvalue weighted by atomic mass is 9.86. The van der Waals surface area contributed by atoms with E-state index in [1.807, 2.05) is 43.3 Å². The number of likely N-dealkylation sites (N-methyl/N-ethyl adjacent to an activating group) is 1. The summed E-state index contributed by atoms with van der Waals surface area (Å²) in [6.07, 6.45) is 6.72. The predicted octanol–water partition coefficient (Wildman–Crippen LogP) is 2.05. The lowest BCUT2D eigenvalue weighted by molar-refractivity contribution is -0.110. The van der Waals surface area contributed by atoms with Crippen LogP contribution in [0.1, 0.15) is 22.8 Å². The van der Waals surface area contributed by atoms with Crippen LogP contribution in [0.2, 0.25) is 0 Å². The Hall–Kier alpha value is -2.16. The molecule has 18 heavy (non-hydrogen) atoms. The third kappa shape index (κ3) is 1.24. The molecule has 0 aromatic heterocycles. The number of rotatable bonds is 1.